The molecule has 0 fully saturated rings. The molecule has 0 bridgehead atoms. The molecule has 0 amide bonds. The summed E-state index contributed by atoms with van der Waals surface area (Å²) in [5.74, 6) is -0.272. The van der Waals surface area contributed by atoms with Crippen LogP contribution in [0.25, 0.3) is 0 Å². The second-order valence-corrected chi connectivity index (χ2v) is 3.36. The zero-order valence-corrected chi connectivity index (χ0v) is 8.17. The second kappa shape index (κ2) is 3.73. The highest BCUT2D eigenvalue weighted by Crippen LogP contribution is 2.10. The van der Waals surface area contributed by atoms with Gasteiger partial charge in [0.2, 0.25) is 0 Å². The Morgan fingerprint density at radius 1 is 1.54 bits per heavy atom. The SMILES string of the molecule is CCn1cc(F)cc(C(C)C)c1=O. The molecule has 0 aliphatic heterocycles. The lowest BCUT2D eigenvalue weighted by atomic mass is 10.1. The summed E-state index contributed by atoms with van der Waals surface area (Å²) in [6, 6.07) is 1.32. The molecule has 2 nitrogen and oxygen atoms in total. The van der Waals surface area contributed by atoms with Crippen LogP contribution in [0.3, 0.4) is 0 Å². The van der Waals surface area contributed by atoms with E-state index in [1.165, 1.54) is 16.8 Å². The van der Waals surface area contributed by atoms with Gasteiger partial charge in [-0.3, -0.25) is 4.79 Å². The number of hydrogen-bond acceptors (Lipinski definition) is 1. The van der Waals surface area contributed by atoms with Gasteiger partial charge in [-0.2, -0.15) is 0 Å². The zero-order chi connectivity index (χ0) is 10.0. The molecule has 0 saturated heterocycles. The van der Waals surface area contributed by atoms with Crippen LogP contribution in [0, 0.1) is 5.82 Å². The maximum atomic E-state index is 13.0. The van der Waals surface area contributed by atoms with Crippen LogP contribution >= 0.6 is 0 Å². The highest BCUT2D eigenvalue weighted by molar-refractivity contribution is 5.15. The van der Waals surface area contributed by atoms with E-state index >= 15 is 0 Å². The molecule has 1 heterocycles. The molecule has 72 valence electrons. The fourth-order valence-electron chi connectivity index (χ4n) is 1.27. The van der Waals surface area contributed by atoms with Crippen molar-refractivity contribution in [2.45, 2.75) is 33.2 Å². The van der Waals surface area contributed by atoms with E-state index in [4.69, 9.17) is 0 Å². The Morgan fingerprint density at radius 3 is 2.62 bits per heavy atom. The molecule has 1 aromatic rings. The molecule has 13 heavy (non-hydrogen) atoms. The molecule has 0 aliphatic carbocycles. The fourth-order valence-corrected chi connectivity index (χ4v) is 1.27. The molecule has 0 aromatic carbocycles. The van der Waals surface area contributed by atoms with Gasteiger partial charge in [0.1, 0.15) is 5.82 Å². The van der Waals surface area contributed by atoms with Gasteiger partial charge in [0.05, 0.1) is 0 Å². The largest absolute Gasteiger partial charge is 0.313 e. The number of aryl methyl sites for hydroxylation is 1. The maximum Gasteiger partial charge on any atom is 0.254 e. The molecule has 0 saturated carbocycles. The van der Waals surface area contributed by atoms with E-state index in [-0.39, 0.29) is 17.3 Å². The number of aromatic nitrogens is 1. The van der Waals surface area contributed by atoms with E-state index in [1.807, 2.05) is 20.8 Å². The van der Waals surface area contributed by atoms with Crippen molar-refractivity contribution in [3.8, 4) is 0 Å². The van der Waals surface area contributed by atoms with Crippen molar-refractivity contribution in [3.05, 3.63) is 34.0 Å². The Bertz CT molecular complexity index is 354. The predicted molar refractivity (Wildman–Crippen MR) is 50.4 cm³/mol. The molecular weight excluding hydrogens is 169 g/mol. The van der Waals surface area contributed by atoms with Crippen molar-refractivity contribution in [3.63, 3.8) is 0 Å². The van der Waals surface area contributed by atoms with Gasteiger partial charge in [-0.15, -0.1) is 0 Å². The molecule has 0 atom stereocenters. The fraction of sp³-hybridized carbons (Fsp3) is 0.500. The summed E-state index contributed by atoms with van der Waals surface area (Å²) in [4.78, 5) is 11.6. The minimum absolute atomic E-state index is 0.0704. The molecule has 1 rings (SSSR count). The van der Waals surface area contributed by atoms with Gasteiger partial charge in [-0.05, 0) is 18.9 Å². The summed E-state index contributed by atoms with van der Waals surface area (Å²) >= 11 is 0. The van der Waals surface area contributed by atoms with E-state index in [0.29, 0.717) is 12.1 Å². The Kier molecular flexibility index (Phi) is 2.86. The molecule has 0 aliphatic rings. The normalized spacial score (nSPS) is 10.8. The summed E-state index contributed by atoms with van der Waals surface area (Å²) in [6.07, 6.45) is 1.24. The van der Waals surface area contributed by atoms with E-state index in [1.54, 1.807) is 0 Å². The molecule has 0 unspecified atom stereocenters. The number of rotatable bonds is 2. The lowest BCUT2D eigenvalue weighted by Gasteiger charge is -2.08. The Morgan fingerprint density at radius 2 is 2.15 bits per heavy atom. The van der Waals surface area contributed by atoms with Crippen molar-refractivity contribution in [2.75, 3.05) is 0 Å². The summed E-state index contributed by atoms with van der Waals surface area (Å²) in [5, 5.41) is 0. The first kappa shape index (κ1) is 9.96. The van der Waals surface area contributed by atoms with E-state index in [2.05, 4.69) is 0 Å². The van der Waals surface area contributed by atoms with Gasteiger partial charge in [0, 0.05) is 18.3 Å². The second-order valence-electron chi connectivity index (χ2n) is 3.36. The molecule has 0 N–H and O–H groups in total. The average Bonchev–Trinajstić information content (AvgIpc) is 2.08. The van der Waals surface area contributed by atoms with Gasteiger partial charge in [-0.1, -0.05) is 13.8 Å². The summed E-state index contributed by atoms with van der Waals surface area (Å²) in [5.41, 5.74) is 0.459. The topological polar surface area (TPSA) is 22.0 Å². The van der Waals surface area contributed by atoms with Crippen molar-refractivity contribution in [2.24, 2.45) is 0 Å². The van der Waals surface area contributed by atoms with Crippen molar-refractivity contribution >= 4 is 0 Å². The van der Waals surface area contributed by atoms with Crippen LogP contribution in [0.15, 0.2) is 17.1 Å². The van der Waals surface area contributed by atoms with E-state index in [9.17, 15) is 9.18 Å². The minimum atomic E-state index is -0.342. The quantitative estimate of drug-likeness (QED) is 0.688. The first-order valence-corrected chi connectivity index (χ1v) is 4.46. The smallest absolute Gasteiger partial charge is 0.254 e. The third-order valence-corrected chi connectivity index (χ3v) is 2.04. The van der Waals surface area contributed by atoms with Crippen molar-refractivity contribution in [1.29, 1.82) is 0 Å². The predicted octanol–water partition coefficient (Wildman–Crippen LogP) is 2.13. The number of hydrogen-bond donors (Lipinski definition) is 0. The van der Waals surface area contributed by atoms with Gasteiger partial charge in [0.15, 0.2) is 0 Å². The van der Waals surface area contributed by atoms with Gasteiger partial charge in [0.25, 0.3) is 5.56 Å². The third-order valence-electron chi connectivity index (χ3n) is 2.04. The van der Waals surface area contributed by atoms with Crippen LogP contribution in [0.1, 0.15) is 32.3 Å². The van der Waals surface area contributed by atoms with Crippen molar-refractivity contribution < 1.29 is 4.39 Å². The Balaban J connectivity index is 3.36. The molecule has 3 heteroatoms. The maximum absolute atomic E-state index is 13.0. The molecule has 1 aromatic heterocycles. The van der Waals surface area contributed by atoms with Gasteiger partial charge < -0.3 is 4.57 Å². The standard InChI is InChI=1S/C10H14FNO/c1-4-12-6-8(11)5-9(7(2)3)10(12)13/h5-7H,4H2,1-3H3. The number of halogens is 1. The number of pyridine rings is 1. The van der Waals surface area contributed by atoms with Crippen LogP contribution in [0.4, 0.5) is 4.39 Å². The number of nitrogens with zero attached hydrogens (tertiary/aromatic N) is 1. The average molecular weight is 183 g/mol. The van der Waals surface area contributed by atoms with Crippen LogP contribution in [-0.4, -0.2) is 4.57 Å². The first-order valence-electron chi connectivity index (χ1n) is 4.46. The van der Waals surface area contributed by atoms with Crippen LogP contribution in [0.5, 0.6) is 0 Å². The highest BCUT2D eigenvalue weighted by atomic mass is 19.1. The molecule has 0 radical (unpaired) electrons. The van der Waals surface area contributed by atoms with Gasteiger partial charge >= 0.3 is 0 Å². The first-order chi connectivity index (χ1) is 6.06. The summed E-state index contributed by atoms with van der Waals surface area (Å²) < 4.78 is 14.4. The van der Waals surface area contributed by atoms with Crippen molar-refractivity contribution in [1.82, 2.24) is 4.57 Å². The Hall–Kier alpha value is -1.12. The molecule has 0 spiro atoms. The highest BCUT2D eigenvalue weighted by Gasteiger charge is 2.08. The van der Waals surface area contributed by atoms with Crippen LogP contribution in [-0.2, 0) is 6.54 Å². The summed E-state index contributed by atoms with van der Waals surface area (Å²) in [7, 11) is 0. The van der Waals surface area contributed by atoms with Crippen LogP contribution in [0.2, 0.25) is 0 Å². The zero-order valence-electron chi connectivity index (χ0n) is 8.17. The molecular formula is C10H14FNO. The minimum Gasteiger partial charge on any atom is -0.313 e. The lowest BCUT2D eigenvalue weighted by molar-refractivity contribution is 0.580. The lowest BCUT2D eigenvalue weighted by Crippen LogP contribution is -2.23. The summed E-state index contributed by atoms with van der Waals surface area (Å²) in [6.45, 7) is 6.10. The van der Waals surface area contributed by atoms with Gasteiger partial charge in [-0.25, -0.2) is 4.39 Å². The van der Waals surface area contributed by atoms with E-state index < -0.39 is 0 Å². The Labute approximate surface area is 77.0 Å². The monoisotopic (exact) mass is 183 g/mol. The van der Waals surface area contributed by atoms with Crippen LogP contribution < -0.4 is 5.56 Å². The van der Waals surface area contributed by atoms with E-state index in [0.717, 1.165) is 0 Å². The third kappa shape index (κ3) is 1.97.